The quantitative estimate of drug-likeness (QED) is 0.834. The van der Waals surface area contributed by atoms with Gasteiger partial charge in [0.25, 0.3) is 5.91 Å². The van der Waals surface area contributed by atoms with Crippen LogP contribution in [-0.4, -0.2) is 63.3 Å². The van der Waals surface area contributed by atoms with E-state index in [4.69, 9.17) is 9.72 Å². The maximum Gasteiger partial charge on any atom is 0.274 e. The lowest BCUT2D eigenvalue weighted by atomic mass is 10.1. The summed E-state index contributed by atoms with van der Waals surface area (Å²) in [6.45, 7) is 5.05. The van der Waals surface area contributed by atoms with Crippen LogP contribution in [0.5, 0.6) is 0 Å². The van der Waals surface area contributed by atoms with E-state index in [0.29, 0.717) is 5.69 Å². The number of hydrogen-bond donors (Lipinski definition) is 0. The molecule has 0 radical (unpaired) electrons. The predicted molar refractivity (Wildman–Crippen MR) is 96.6 cm³/mol. The van der Waals surface area contributed by atoms with Crippen molar-refractivity contribution >= 4 is 5.91 Å². The van der Waals surface area contributed by atoms with Crippen molar-refractivity contribution in [2.75, 3.05) is 32.8 Å². The van der Waals surface area contributed by atoms with Crippen LogP contribution in [0, 0.1) is 0 Å². The van der Waals surface area contributed by atoms with Gasteiger partial charge in [-0.3, -0.25) is 19.4 Å². The van der Waals surface area contributed by atoms with E-state index in [1.165, 1.54) is 0 Å². The first-order valence-electron chi connectivity index (χ1n) is 9.27. The normalized spacial score (nSPS) is 21.3. The fourth-order valence-corrected chi connectivity index (χ4v) is 3.75. The summed E-state index contributed by atoms with van der Waals surface area (Å²) in [5.41, 5.74) is 2.54. The number of likely N-dealkylation sites (tertiary alicyclic amines) is 1. The Morgan fingerprint density at radius 3 is 2.85 bits per heavy atom. The molecule has 1 atom stereocenters. The molecule has 26 heavy (non-hydrogen) atoms. The van der Waals surface area contributed by atoms with Crippen LogP contribution in [0.4, 0.5) is 0 Å². The molecule has 0 saturated carbocycles. The maximum absolute atomic E-state index is 12.8. The van der Waals surface area contributed by atoms with Gasteiger partial charge in [0, 0.05) is 39.4 Å². The van der Waals surface area contributed by atoms with Crippen LogP contribution in [0.15, 0.2) is 30.5 Å². The molecule has 4 rings (SSSR count). The van der Waals surface area contributed by atoms with Gasteiger partial charge in [0.15, 0.2) is 0 Å². The topological polar surface area (TPSA) is 63.5 Å². The number of aryl methyl sites for hydroxylation is 1. The fraction of sp³-hybridized carbons (Fsp3) is 0.526. The summed E-state index contributed by atoms with van der Waals surface area (Å²) in [5.74, 6) is -0.00603. The fourth-order valence-electron chi connectivity index (χ4n) is 3.75. The highest BCUT2D eigenvalue weighted by molar-refractivity contribution is 5.92. The number of rotatable bonds is 4. The summed E-state index contributed by atoms with van der Waals surface area (Å²) >= 11 is 0. The van der Waals surface area contributed by atoms with E-state index in [1.807, 2.05) is 18.0 Å². The van der Waals surface area contributed by atoms with Crippen LogP contribution in [-0.2, 0) is 18.3 Å². The van der Waals surface area contributed by atoms with Crippen LogP contribution >= 0.6 is 0 Å². The van der Waals surface area contributed by atoms with Crippen molar-refractivity contribution in [3.63, 3.8) is 0 Å². The Morgan fingerprint density at radius 1 is 1.23 bits per heavy atom. The minimum Gasteiger partial charge on any atom is -0.379 e. The number of nitrogens with zero attached hydrogens (tertiary/aromatic N) is 5. The van der Waals surface area contributed by atoms with Gasteiger partial charge in [-0.15, -0.1) is 0 Å². The van der Waals surface area contributed by atoms with E-state index < -0.39 is 0 Å². The highest BCUT2D eigenvalue weighted by Gasteiger charge is 2.32. The zero-order valence-corrected chi connectivity index (χ0v) is 15.2. The summed E-state index contributed by atoms with van der Waals surface area (Å²) in [6.07, 6.45) is 3.75. The van der Waals surface area contributed by atoms with Gasteiger partial charge in [-0.05, 0) is 31.0 Å². The number of carbonyl (C=O) groups is 1. The van der Waals surface area contributed by atoms with Crippen molar-refractivity contribution in [3.05, 3.63) is 47.5 Å². The van der Waals surface area contributed by atoms with Gasteiger partial charge >= 0.3 is 0 Å². The van der Waals surface area contributed by atoms with Gasteiger partial charge in [0.05, 0.1) is 30.6 Å². The monoisotopic (exact) mass is 355 g/mol. The molecule has 2 aliphatic heterocycles. The average molecular weight is 355 g/mol. The molecule has 2 aromatic heterocycles. The summed E-state index contributed by atoms with van der Waals surface area (Å²) in [4.78, 5) is 22.0. The Bertz CT molecular complexity index is 769. The molecule has 138 valence electrons. The first-order valence-corrected chi connectivity index (χ1v) is 9.27. The molecule has 0 bridgehead atoms. The summed E-state index contributed by atoms with van der Waals surface area (Å²) in [5, 5.41) is 4.26. The van der Waals surface area contributed by atoms with E-state index in [-0.39, 0.29) is 11.9 Å². The summed E-state index contributed by atoms with van der Waals surface area (Å²) in [7, 11) is 1.83. The predicted octanol–water partition coefficient (Wildman–Crippen LogP) is 1.62. The molecule has 0 aromatic carbocycles. The van der Waals surface area contributed by atoms with E-state index in [0.717, 1.165) is 63.6 Å². The van der Waals surface area contributed by atoms with Crippen LogP contribution in [0.1, 0.15) is 40.8 Å². The molecule has 0 aliphatic carbocycles. The highest BCUT2D eigenvalue weighted by Crippen LogP contribution is 2.32. The highest BCUT2D eigenvalue weighted by atomic mass is 16.5. The number of ether oxygens (including phenoxy) is 1. The molecular weight excluding hydrogens is 330 g/mol. The first-order chi connectivity index (χ1) is 12.7. The largest absolute Gasteiger partial charge is 0.379 e. The Hall–Kier alpha value is -2.25. The first kappa shape index (κ1) is 17.2. The molecule has 2 aromatic rings. The van der Waals surface area contributed by atoms with Crippen molar-refractivity contribution < 1.29 is 9.53 Å². The standard InChI is InChI=1S/C19H25N5O2/c1-22-9-7-17(21-22)19(25)24-8-3-6-18(24)16-5-2-4-15(20-16)14-23-10-12-26-13-11-23/h2,4-5,7,9,18H,3,6,8,10-14H2,1H3. The Kier molecular flexibility index (Phi) is 4.99. The lowest BCUT2D eigenvalue weighted by Crippen LogP contribution is -2.36. The molecule has 0 N–H and O–H groups in total. The average Bonchev–Trinajstić information content (AvgIpc) is 3.31. The smallest absolute Gasteiger partial charge is 0.274 e. The summed E-state index contributed by atoms with van der Waals surface area (Å²) in [6, 6.07) is 7.98. The van der Waals surface area contributed by atoms with E-state index in [2.05, 4.69) is 22.1 Å². The summed E-state index contributed by atoms with van der Waals surface area (Å²) < 4.78 is 7.08. The molecule has 4 heterocycles. The molecule has 1 unspecified atom stereocenters. The van der Waals surface area contributed by atoms with Crippen molar-refractivity contribution in [2.24, 2.45) is 7.05 Å². The second kappa shape index (κ2) is 7.55. The zero-order chi connectivity index (χ0) is 17.9. The van der Waals surface area contributed by atoms with Crippen molar-refractivity contribution in [3.8, 4) is 0 Å². The second-order valence-electron chi connectivity index (χ2n) is 6.97. The van der Waals surface area contributed by atoms with Gasteiger partial charge in [-0.2, -0.15) is 5.10 Å². The maximum atomic E-state index is 12.8. The SMILES string of the molecule is Cn1ccc(C(=O)N2CCCC2c2cccc(CN3CCOCC3)n2)n1. The van der Waals surface area contributed by atoms with Gasteiger partial charge in [-0.25, -0.2) is 0 Å². The molecule has 0 spiro atoms. The number of pyridine rings is 1. The minimum atomic E-state index is -0.00603. The van der Waals surface area contributed by atoms with Crippen molar-refractivity contribution in [2.45, 2.75) is 25.4 Å². The number of hydrogen-bond acceptors (Lipinski definition) is 5. The number of morpholine rings is 1. The van der Waals surface area contributed by atoms with E-state index in [9.17, 15) is 4.79 Å². The number of aromatic nitrogens is 3. The molecule has 2 aliphatic rings. The van der Waals surface area contributed by atoms with Crippen LogP contribution in [0.3, 0.4) is 0 Å². The Labute approximate surface area is 153 Å². The third-order valence-corrected chi connectivity index (χ3v) is 5.11. The van der Waals surface area contributed by atoms with Crippen LogP contribution in [0.2, 0.25) is 0 Å². The van der Waals surface area contributed by atoms with Crippen molar-refractivity contribution in [1.82, 2.24) is 24.6 Å². The number of amides is 1. The second-order valence-corrected chi connectivity index (χ2v) is 6.97. The molecule has 1 amide bonds. The van der Waals surface area contributed by atoms with Crippen LogP contribution in [0.25, 0.3) is 0 Å². The van der Waals surface area contributed by atoms with Gasteiger partial charge in [0.1, 0.15) is 5.69 Å². The molecular formula is C19H25N5O2. The Morgan fingerprint density at radius 2 is 2.08 bits per heavy atom. The van der Waals surface area contributed by atoms with Crippen LogP contribution < -0.4 is 0 Å². The minimum absolute atomic E-state index is 0.00603. The molecule has 7 nitrogen and oxygen atoms in total. The van der Waals surface area contributed by atoms with Gasteiger partial charge in [0.2, 0.25) is 0 Å². The Balaban J connectivity index is 1.50. The lowest BCUT2D eigenvalue weighted by molar-refractivity contribution is 0.0336. The zero-order valence-electron chi connectivity index (χ0n) is 15.2. The third kappa shape index (κ3) is 3.64. The molecule has 2 saturated heterocycles. The van der Waals surface area contributed by atoms with Crippen molar-refractivity contribution in [1.29, 1.82) is 0 Å². The third-order valence-electron chi connectivity index (χ3n) is 5.11. The van der Waals surface area contributed by atoms with Gasteiger partial charge < -0.3 is 9.64 Å². The molecule has 2 fully saturated rings. The number of carbonyl (C=O) groups excluding carboxylic acids is 1. The van der Waals surface area contributed by atoms with E-state index in [1.54, 1.807) is 16.9 Å². The molecule has 7 heteroatoms. The van der Waals surface area contributed by atoms with E-state index >= 15 is 0 Å². The van der Waals surface area contributed by atoms with Gasteiger partial charge in [-0.1, -0.05) is 6.07 Å². The lowest BCUT2D eigenvalue weighted by Gasteiger charge is -2.27.